The molecule has 1 atom stereocenters. The van der Waals surface area contributed by atoms with Crippen molar-refractivity contribution in [1.29, 1.82) is 0 Å². The third kappa shape index (κ3) is 8.97. The molecule has 0 spiro atoms. The zero-order valence-corrected chi connectivity index (χ0v) is 23.7. The summed E-state index contributed by atoms with van der Waals surface area (Å²) in [6, 6.07) is 3.68. The van der Waals surface area contributed by atoms with Crippen molar-refractivity contribution >= 4 is 79.2 Å². The quantitative estimate of drug-likeness (QED) is 0.142. The fourth-order valence-electron chi connectivity index (χ4n) is 3.00. The number of nitro benzene ring substituents is 2. The van der Waals surface area contributed by atoms with E-state index in [0.717, 1.165) is 12.5 Å². The average molecular weight is 656 g/mol. The summed E-state index contributed by atoms with van der Waals surface area (Å²) >= 11 is 0. The second kappa shape index (κ2) is 8.19. The number of non-ortho nitro benzene ring substituents is 1. The summed E-state index contributed by atoms with van der Waals surface area (Å²) in [5.74, 6) is 0.267. The summed E-state index contributed by atoms with van der Waals surface area (Å²) in [6.07, 6.45) is 0.742. The Morgan fingerprint density at radius 2 is 1.50 bits per heavy atom. The van der Waals surface area contributed by atoms with Crippen LogP contribution in [-0.2, 0) is 0 Å². The van der Waals surface area contributed by atoms with Gasteiger partial charge in [0, 0.05) is 32.4 Å². The van der Waals surface area contributed by atoms with E-state index in [9.17, 15) is 20.2 Å². The molecule has 1 heterocycles. The molecule has 15 heteroatoms. The topological polar surface area (TPSA) is 102 Å². The summed E-state index contributed by atoms with van der Waals surface area (Å²) < 4.78 is 1.65. The Morgan fingerprint density at radius 3 is 1.83 bits per heavy atom. The van der Waals surface area contributed by atoms with Crippen LogP contribution >= 0.6 is 53.0 Å². The number of azo groups is 2. The minimum atomic E-state index is -5.42. The fourth-order valence-corrected chi connectivity index (χ4v) is 3.00. The molecule has 0 radical (unpaired) electrons. The van der Waals surface area contributed by atoms with Gasteiger partial charge in [-0.25, -0.2) is 0 Å². The Bertz CT molecular complexity index is 906. The predicted molar refractivity (Wildman–Crippen MR) is 125 cm³/mol. The van der Waals surface area contributed by atoms with Crippen molar-refractivity contribution in [3.05, 3.63) is 38.4 Å². The summed E-state index contributed by atoms with van der Waals surface area (Å²) in [6.45, 7) is 10.1. The van der Waals surface area contributed by atoms with E-state index in [4.69, 9.17) is 58.1 Å². The Kier molecular flexibility index (Phi) is 7.70. The van der Waals surface area contributed by atoms with Crippen molar-refractivity contribution < 1.29 is 14.5 Å². The molecule has 1 unspecified atom stereocenters. The fraction of sp³-hybridized carbons (Fsp3) is 0.600. The number of nitro groups is 2. The van der Waals surface area contributed by atoms with Crippen LogP contribution in [0.4, 0.5) is 17.1 Å². The van der Waals surface area contributed by atoms with Crippen LogP contribution in [0.15, 0.2) is 23.3 Å². The third-order valence-electron chi connectivity index (χ3n) is 4.53. The van der Waals surface area contributed by atoms with Crippen LogP contribution in [0.2, 0.25) is 0 Å². The molecule has 1 aromatic rings. The molecule has 172 valence electrons. The minimum absolute atomic E-state index is 0.267. The zero-order chi connectivity index (χ0) is 24.0. The van der Waals surface area contributed by atoms with E-state index in [2.05, 4.69) is 13.8 Å². The van der Waals surface area contributed by atoms with E-state index in [1.54, 1.807) is 4.70 Å². The molecule has 1 aliphatic rings. The number of benzene rings is 1. The van der Waals surface area contributed by atoms with Crippen molar-refractivity contribution in [3.8, 4) is 0 Å². The molecule has 0 saturated heterocycles. The molecule has 1 aliphatic heterocycles. The van der Waals surface area contributed by atoms with E-state index < -0.39 is 24.5 Å². The molecule has 0 amide bonds. The van der Waals surface area contributed by atoms with Gasteiger partial charge in [-0.05, 0) is 18.0 Å². The molecule has 0 bridgehead atoms. The van der Waals surface area contributed by atoms with Crippen molar-refractivity contribution in [2.45, 2.75) is 52.1 Å². The number of hydrogen-bond acceptors (Lipinski definition) is 5. The molecule has 8 nitrogen and oxygen atoms in total. The SMILES string of the molecule is CC(C)C1(C)CC(C)(C)[N+](c2ccc([N+](=O)[O-])cc2[N+](=O)[O-])=N1.[Cl][Sb-]([Cl])([Cl])([Cl])([Cl])[Cl]. The molecule has 0 fully saturated rings. The second-order valence-corrected chi connectivity index (χ2v) is 65.0. The van der Waals surface area contributed by atoms with Gasteiger partial charge in [-0.1, -0.05) is 18.5 Å². The average Bonchev–Trinajstić information content (AvgIpc) is 2.73. The normalized spacial score (nSPS) is 23.0. The summed E-state index contributed by atoms with van der Waals surface area (Å²) in [4.78, 5) is 21.0. The Hall–Kier alpha value is 0.178. The molecular formula is C15H21Cl6N4O4Sb. The van der Waals surface area contributed by atoms with Crippen LogP contribution in [0.25, 0.3) is 0 Å². The number of nitrogens with zero attached hydrogens (tertiary/aromatic N) is 4. The number of hydrogen-bond donors (Lipinski definition) is 0. The van der Waals surface area contributed by atoms with Crippen LogP contribution in [0.3, 0.4) is 0 Å². The molecule has 0 saturated carbocycles. The van der Waals surface area contributed by atoms with Gasteiger partial charge < -0.3 is 0 Å². The molecule has 0 aliphatic carbocycles. The second-order valence-electron chi connectivity index (χ2n) is 8.06. The summed E-state index contributed by atoms with van der Waals surface area (Å²) in [5, 5.41) is 27.0. The van der Waals surface area contributed by atoms with Crippen LogP contribution in [0.1, 0.15) is 41.0 Å². The van der Waals surface area contributed by atoms with Gasteiger partial charge >= 0.3 is 73.5 Å². The molecular weight excluding hydrogens is 635 g/mol. The number of rotatable bonds is 4. The third-order valence-corrected chi connectivity index (χ3v) is 4.53. The maximum absolute atomic E-state index is 11.4. The van der Waals surface area contributed by atoms with Crippen molar-refractivity contribution in [2.24, 2.45) is 11.0 Å². The van der Waals surface area contributed by atoms with Gasteiger partial charge in [0.15, 0.2) is 5.54 Å². The first-order valence-corrected chi connectivity index (χ1v) is 27.8. The van der Waals surface area contributed by atoms with E-state index >= 15 is 0 Å². The van der Waals surface area contributed by atoms with E-state index in [0.29, 0.717) is 0 Å². The van der Waals surface area contributed by atoms with E-state index in [1.165, 1.54) is 12.1 Å². The van der Waals surface area contributed by atoms with Crippen molar-refractivity contribution in [3.63, 3.8) is 0 Å². The summed E-state index contributed by atoms with van der Waals surface area (Å²) in [7, 11) is 25.0. The van der Waals surface area contributed by atoms with Gasteiger partial charge in [0.1, 0.15) is 11.6 Å². The standard InChI is InChI=1S/C15H21N4O4.6ClH.Sb/c1-10(2)15(5)9-14(3,4)17(16-15)12-7-6-11(18(20)21)8-13(12)19(22)23;;;;;;;/h6-8,10H,9H2,1-5H3;6*1H;/q+1;;;;;;;+5/p-6. The Morgan fingerprint density at radius 1 is 1.03 bits per heavy atom. The van der Waals surface area contributed by atoms with Crippen molar-refractivity contribution in [1.82, 2.24) is 0 Å². The van der Waals surface area contributed by atoms with Crippen molar-refractivity contribution in [2.75, 3.05) is 0 Å². The van der Waals surface area contributed by atoms with Gasteiger partial charge in [0.25, 0.3) is 5.69 Å². The van der Waals surface area contributed by atoms with Gasteiger partial charge in [-0.2, -0.15) is 0 Å². The first kappa shape index (κ1) is 28.2. The van der Waals surface area contributed by atoms with Gasteiger partial charge in [0.05, 0.1) is 9.85 Å². The van der Waals surface area contributed by atoms with Gasteiger partial charge in [-0.15, -0.1) is 0 Å². The first-order valence-electron chi connectivity index (χ1n) is 8.45. The molecule has 1 aromatic carbocycles. The number of halogens is 6. The van der Waals surface area contributed by atoms with Crippen LogP contribution in [0.5, 0.6) is 0 Å². The van der Waals surface area contributed by atoms with Crippen LogP contribution < -0.4 is 0 Å². The van der Waals surface area contributed by atoms with Gasteiger partial charge in [0.2, 0.25) is 0 Å². The van der Waals surface area contributed by atoms with E-state index in [-0.39, 0.29) is 28.5 Å². The monoisotopic (exact) mass is 652 g/mol. The molecule has 30 heavy (non-hydrogen) atoms. The van der Waals surface area contributed by atoms with Gasteiger partial charge in [-0.3, -0.25) is 20.2 Å². The Labute approximate surface area is 193 Å². The maximum atomic E-state index is 11.4. The molecule has 0 N–H and O–H groups in total. The van der Waals surface area contributed by atoms with Crippen LogP contribution in [0, 0.1) is 26.1 Å². The zero-order valence-electron chi connectivity index (χ0n) is 16.7. The van der Waals surface area contributed by atoms with Crippen LogP contribution in [-0.4, -0.2) is 34.8 Å². The Balaban J connectivity index is 0.000000553. The summed E-state index contributed by atoms with van der Waals surface area (Å²) in [5.41, 5.74) is -1.07. The molecule has 2 rings (SSSR count). The van der Waals surface area contributed by atoms with E-state index in [1.807, 2.05) is 20.8 Å². The predicted octanol–water partition coefficient (Wildman–Crippen LogP) is 7.95. The first-order chi connectivity index (χ1) is 12.9. The molecule has 0 aromatic heterocycles.